The number of benzene rings is 2. The van der Waals surface area contributed by atoms with E-state index in [4.69, 9.17) is 4.74 Å². The van der Waals surface area contributed by atoms with E-state index in [9.17, 15) is 13.2 Å². The highest BCUT2D eigenvalue weighted by Crippen LogP contribution is 2.43. The highest BCUT2D eigenvalue weighted by atomic mass is 32.2. The van der Waals surface area contributed by atoms with E-state index in [0.717, 1.165) is 40.8 Å². The maximum atomic E-state index is 13.4. The Bertz CT molecular complexity index is 1210. The molecule has 1 aliphatic carbocycles. The van der Waals surface area contributed by atoms with Gasteiger partial charge in [-0.25, -0.2) is 8.42 Å². The predicted molar refractivity (Wildman–Crippen MR) is 123 cm³/mol. The van der Waals surface area contributed by atoms with Crippen molar-refractivity contribution in [3.8, 4) is 5.75 Å². The number of carbonyl (C=O) groups excluding carboxylic acids is 1. The molecule has 0 spiro atoms. The lowest BCUT2D eigenvalue weighted by Gasteiger charge is -2.14. The van der Waals surface area contributed by atoms with Gasteiger partial charge in [-0.2, -0.15) is 0 Å². The van der Waals surface area contributed by atoms with Gasteiger partial charge in [-0.3, -0.25) is 4.79 Å². The number of aryl methyl sites for hydroxylation is 3. The van der Waals surface area contributed by atoms with Crippen molar-refractivity contribution in [2.24, 2.45) is 0 Å². The summed E-state index contributed by atoms with van der Waals surface area (Å²) >= 11 is 1.37. The molecule has 1 aromatic heterocycles. The average molecular weight is 456 g/mol. The first-order valence-corrected chi connectivity index (χ1v) is 12.6. The van der Waals surface area contributed by atoms with Crippen LogP contribution in [0.4, 0.5) is 5.00 Å². The number of nitrogens with one attached hydrogen (secondary N) is 1. The minimum atomic E-state index is -3.74. The second-order valence-corrected chi connectivity index (χ2v) is 10.8. The highest BCUT2D eigenvalue weighted by molar-refractivity contribution is 7.92. The molecule has 0 atom stereocenters. The Morgan fingerprint density at radius 3 is 2.55 bits per heavy atom. The lowest BCUT2D eigenvalue weighted by Crippen LogP contribution is -2.21. The molecule has 0 saturated heterocycles. The van der Waals surface area contributed by atoms with Crippen LogP contribution in [-0.2, 0) is 27.5 Å². The molecule has 1 aliphatic rings. The predicted octanol–water partition coefficient (Wildman–Crippen LogP) is 5.09. The van der Waals surface area contributed by atoms with Crippen molar-refractivity contribution >= 4 is 32.1 Å². The second kappa shape index (κ2) is 8.85. The SMILES string of the molecule is Cc1ccc(OCC(=O)Nc2sc3c(c2S(=O)(=O)c2ccccc2)CCCC3)c(C)c1. The third-order valence-corrected chi connectivity index (χ3v) is 8.60. The molecule has 31 heavy (non-hydrogen) atoms. The van der Waals surface area contributed by atoms with Crippen molar-refractivity contribution < 1.29 is 17.9 Å². The van der Waals surface area contributed by atoms with Gasteiger partial charge in [0.25, 0.3) is 5.91 Å². The molecular weight excluding hydrogens is 430 g/mol. The van der Waals surface area contributed by atoms with Gasteiger partial charge in [-0.05, 0) is 68.9 Å². The van der Waals surface area contributed by atoms with Crippen molar-refractivity contribution in [1.29, 1.82) is 0 Å². The summed E-state index contributed by atoms with van der Waals surface area (Å²) in [5.74, 6) is 0.270. The van der Waals surface area contributed by atoms with E-state index in [0.29, 0.717) is 17.2 Å². The quantitative estimate of drug-likeness (QED) is 0.562. The molecule has 2 aromatic carbocycles. The molecule has 4 rings (SSSR count). The number of hydrogen-bond acceptors (Lipinski definition) is 5. The molecule has 0 saturated carbocycles. The molecule has 0 unspecified atom stereocenters. The number of ether oxygens (including phenoxy) is 1. The lowest BCUT2D eigenvalue weighted by molar-refractivity contribution is -0.118. The molecule has 0 aliphatic heterocycles. The topological polar surface area (TPSA) is 72.5 Å². The zero-order valence-corrected chi connectivity index (χ0v) is 19.2. The molecule has 7 heteroatoms. The van der Waals surface area contributed by atoms with Gasteiger partial charge in [0.05, 0.1) is 4.90 Å². The monoisotopic (exact) mass is 455 g/mol. The number of anilines is 1. The summed E-state index contributed by atoms with van der Waals surface area (Å²) in [6, 6.07) is 14.2. The number of rotatable bonds is 6. The van der Waals surface area contributed by atoms with Gasteiger partial charge in [0.1, 0.15) is 15.6 Å². The van der Waals surface area contributed by atoms with Gasteiger partial charge in [0.15, 0.2) is 6.61 Å². The van der Waals surface area contributed by atoms with Gasteiger partial charge in [-0.1, -0.05) is 35.9 Å². The summed E-state index contributed by atoms with van der Waals surface area (Å²) in [5.41, 5.74) is 2.92. The van der Waals surface area contributed by atoms with Crippen LogP contribution in [0.2, 0.25) is 0 Å². The van der Waals surface area contributed by atoms with E-state index >= 15 is 0 Å². The Kier molecular flexibility index (Phi) is 6.16. The van der Waals surface area contributed by atoms with E-state index in [-0.39, 0.29) is 22.3 Å². The molecule has 5 nitrogen and oxygen atoms in total. The Hall–Kier alpha value is -2.64. The van der Waals surface area contributed by atoms with Crippen LogP contribution in [0.5, 0.6) is 5.75 Å². The molecule has 0 bridgehead atoms. The average Bonchev–Trinajstić information content (AvgIpc) is 3.12. The maximum Gasteiger partial charge on any atom is 0.262 e. The van der Waals surface area contributed by atoms with Crippen LogP contribution in [-0.4, -0.2) is 20.9 Å². The van der Waals surface area contributed by atoms with Crippen molar-refractivity contribution in [1.82, 2.24) is 0 Å². The number of hydrogen-bond donors (Lipinski definition) is 1. The van der Waals surface area contributed by atoms with Crippen LogP contribution in [0.25, 0.3) is 0 Å². The van der Waals surface area contributed by atoms with Gasteiger partial charge < -0.3 is 10.1 Å². The Morgan fingerprint density at radius 2 is 1.81 bits per heavy atom. The smallest absolute Gasteiger partial charge is 0.262 e. The summed E-state index contributed by atoms with van der Waals surface area (Å²) < 4.78 is 32.6. The molecule has 0 radical (unpaired) electrons. The first kappa shape index (κ1) is 21.6. The van der Waals surface area contributed by atoms with Crippen LogP contribution >= 0.6 is 11.3 Å². The van der Waals surface area contributed by atoms with Crippen molar-refractivity contribution in [3.05, 3.63) is 70.1 Å². The van der Waals surface area contributed by atoms with E-state index in [2.05, 4.69) is 5.32 Å². The fraction of sp³-hybridized carbons (Fsp3) is 0.292. The fourth-order valence-corrected chi connectivity index (χ4v) is 7.20. The number of fused-ring (bicyclic) bond motifs is 1. The first-order valence-electron chi connectivity index (χ1n) is 10.3. The Morgan fingerprint density at radius 1 is 1.06 bits per heavy atom. The van der Waals surface area contributed by atoms with E-state index < -0.39 is 9.84 Å². The van der Waals surface area contributed by atoms with Crippen molar-refractivity contribution in [2.45, 2.75) is 49.3 Å². The summed E-state index contributed by atoms with van der Waals surface area (Å²) in [6.45, 7) is 3.74. The minimum Gasteiger partial charge on any atom is -0.483 e. The van der Waals surface area contributed by atoms with Crippen LogP contribution < -0.4 is 10.1 Å². The van der Waals surface area contributed by atoms with E-state index in [1.807, 2.05) is 32.0 Å². The standard InChI is InChI=1S/C24H25NO4S2/c1-16-12-13-20(17(2)14-16)29-15-22(26)25-24-23(19-10-6-7-11-21(19)30-24)31(27,28)18-8-4-3-5-9-18/h3-5,8-9,12-14H,6-7,10-11,15H2,1-2H3,(H,25,26). The molecule has 1 N–H and O–H groups in total. The summed E-state index contributed by atoms with van der Waals surface area (Å²) in [7, 11) is -3.74. The van der Waals surface area contributed by atoms with E-state index in [1.54, 1.807) is 30.3 Å². The summed E-state index contributed by atoms with van der Waals surface area (Å²) in [4.78, 5) is 14.2. The second-order valence-electron chi connectivity index (χ2n) is 7.79. The first-order chi connectivity index (χ1) is 14.9. The maximum absolute atomic E-state index is 13.4. The minimum absolute atomic E-state index is 0.183. The molecule has 162 valence electrons. The zero-order valence-electron chi connectivity index (χ0n) is 17.6. The molecule has 0 fully saturated rings. The zero-order chi connectivity index (χ0) is 22.0. The van der Waals surface area contributed by atoms with Crippen LogP contribution in [0, 0.1) is 13.8 Å². The number of thiophene rings is 1. The Balaban J connectivity index is 1.61. The van der Waals surface area contributed by atoms with Crippen LogP contribution in [0.1, 0.15) is 34.4 Å². The number of amides is 1. The van der Waals surface area contributed by atoms with Crippen molar-refractivity contribution in [2.75, 3.05) is 11.9 Å². The molecular formula is C24H25NO4S2. The number of sulfone groups is 1. The van der Waals surface area contributed by atoms with Gasteiger partial charge >= 0.3 is 0 Å². The lowest BCUT2D eigenvalue weighted by atomic mass is 9.99. The van der Waals surface area contributed by atoms with Crippen LogP contribution in [0.3, 0.4) is 0 Å². The Labute approximate surface area is 187 Å². The van der Waals surface area contributed by atoms with Crippen molar-refractivity contribution in [3.63, 3.8) is 0 Å². The van der Waals surface area contributed by atoms with Gasteiger partial charge in [-0.15, -0.1) is 11.3 Å². The van der Waals surface area contributed by atoms with Crippen LogP contribution in [0.15, 0.2) is 58.3 Å². The third kappa shape index (κ3) is 4.52. The molecule has 1 heterocycles. The van der Waals surface area contributed by atoms with Gasteiger partial charge in [0.2, 0.25) is 9.84 Å². The third-order valence-electron chi connectivity index (χ3n) is 5.39. The number of carbonyl (C=O) groups is 1. The molecule has 1 amide bonds. The summed E-state index contributed by atoms with van der Waals surface area (Å²) in [5, 5.41) is 3.21. The largest absolute Gasteiger partial charge is 0.483 e. The van der Waals surface area contributed by atoms with E-state index in [1.165, 1.54) is 11.3 Å². The van der Waals surface area contributed by atoms with Gasteiger partial charge in [0, 0.05) is 4.88 Å². The molecule has 3 aromatic rings. The normalized spacial score (nSPS) is 13.5. The fourth-order valence-electron chi connectivity index (χ4n) is 3.89. The summed E-state index contributed by atoms with van der Waals surface area (Å²) in [6.07, 6.45) is 3.53. The highest BCUT2D eigenvalue weighted by Gasteiger charge is 2.31.